The van der Waals surface area contributed by atoms with Crippen molar-refractivity contribution in [3.8, 4) is 56.7 Å². The van der Waals surface area contributed by atoms with Crippen LogP contribution in [0.3, 0.4) is 0 Å². The summed E-state index contributed by atoms with van der Waals surface area (Å²) in [6.07, 6.45) is 8.14. The topological polar surface area (TPSA) is 76.5 Å². The number of hydrogen-bond donors (Lipinski definition) is 1. The van der Waals surface area contributed by atoms with Crippen LogP contribution in [-0.2, 0) is 0 Å². The minimum absolute atomic E-state index is 0.569. The maximum Gasteiger partial charge on any atom is 0.164 e. The van der Waals surface area contributed by atoms with Gasteiger partial charge in [0.05, 0.1) is 11.4 Å². The summed E-state index contributed by atoms with van der Waals surface area (Å²) < 4.78 is 0. The molecule has 0 atom stereocenters. The zero-order valence-corrected chi connectivity index (χ0v) is 27.1. The van der Waals surface area contributed by atoms with Gasteiger partial charge in [-0.1, -0.05) is 103 Å². The maximum atomic E-state index is 5.05. The van der Waals surface area contributed by atoms with Gasteiger partial charge < -0.3 is 5.32 Å². The molecule has 0 saturated heterocycles. The Labute approximate surface area is 280 Å². The average molecular weight is 623 g/mol. The zero-order chi connectivity index (χ0) is 32.9. The van der Waals surface area contributed by atoms with Crippen LogP contribution in [0.25, 0.3) is 73.0 Å². The van der Waals surface area contributed by atoms with Crippen molar-refractivity contribution < 1.29 is 0 Å². The molecule has 3 heterocycles. The van der Waals surface area contributed by atoms with Crippen molar-refractivity contribution in [3.05, 3.63) is 151 Å². The summed E-state index contributed by atoms with van der Waals surface area (Å²) in [5.74, 6) is 2.56. The summed E-state index contributed by atoms with van der Waals surface area (Å²) in [4.78, 5) is 24.9. The summed E-state index contributed by atoms with van der Waals surface area (Å²) in [5.41, 5.74) is 8.43. The smallest absolute Gasteiger partial charge is 0.164 e. The number of benzene rings is 4. The summed E-state index contributed by atoms with van der Waals surface area (Å²) in [7, 11) is 1.89. The van der Waals surface area contributed by atoms with Gasteiger partial charge in [-0.05, 0) is 66.8 Å². The average Bonchev–Trinajstić information content (AvgIpc) is 3.16. The fourth-order valence-corrected chi connectivity index (χ4v) is 5.84. The van der Waals surface area contributed by atoms with Gasteiger partial charge in [-0.25, -0.2) is 19.9 Å². The molecule has 4 aromatic carbocycles. The Morgan fingerprint density at radius 1 is 0.583 bits per heavy atom. The van der Waals surface area contributed by atoms with E-state index < -0.39 is 0 Å². The quantitative estimate of drug-likeness (QED) is 0.170. The van der Waals surface area contributed by atoms with Crippen molar-refractivity contribution in [1.82, 2.24) is 24.9 Å². The molecular weight excluding hydrogens is 589 g/mol. The van der Waals surface area contributed by atoms with Gasteiger partial charge in [0.1, 0.15) is 5.82 Å². The normalized spacial score (nSPS) is 11.7. The van der Waals surface area contributed by atoms with E-state index >= 15 is 0 Å². The largest absolute Gasteiger partial charge is 0.373 e. The Morgan fingerprint density at radius 3 is 1.83 bits per heavy atom. The van der Waals surface area contributed by atoms with Gasteiger partial charge in [0.2, 0.25) is 0 Å². The van der Waals surface area contributed by atoms with Crippen LogP contribution < -0.4 is 5.32 Å². The third-order valence-electron chi connectivity index (χ3n) is 8.21. The lowest BCUT2D eigenvalue weighted by molar-refractivity contribution is 1.07. The summed E-state index contributed by atoms with van der Waals surface area (Å²) in [5, 5.41) is 5.44. The monoisotopic (exact) mass is 622 g/mol. The van der Waals surface area contributed by atoms with E-state index in [0.717, 1.165) is 66.9 Å². The molecule has 3 aromatic heterocycles. The van der Waals surface area contributed by atoms with E-state index in [9.17, 15) is 0 Å². The number of nitrogens with zero attached hydrogens (tertiary/aromatic N) is 5. The lowest BCUT2D eigenvalue weighted by Crippen LogP contribution is -2.01. The second-order valence-corrected chi connectivity index (χ2v) is 11.3. The molecule has 7 rings (SSSR count). The third kappa shape index (κ3) is 6.24. The van der Waals surface area contributed by atoms with Crippen molar-refractivity contribution in [2.75, 3.05) is 12.4 Å². The standard InChI is InChI=1S/C42H34N6/c1-4-14-28(5-2)32-26-37(45-38(27-32)43-3)33-23-34(39-36-20-13-12-15-29(36)21-22-44-39)25-35(24-33)42-47-40(30-16-8-6-9-17-30)46-41(48-42)31-18-10-7-11-19-31/h4-27H,1-3H3,(H,43,45)/b14-4-,28-5+. The summed E-state index contributed by atoms with van der Waals surface area (Å²) in [6, 6.07) is 41.0. The number of nitrogens with one attached hydrogen (secondary N) is 1. The predicted molar refractivity (Wildman–Crippen MR) is 198 cm³/mol. The molecular formula is C42H34N6. The molecule has 6 heteroatoms. The molecule has 232 valence electrons. The number of pyridine rings is 2. The second-order valence-electron chi connectivity index (χ2n) is 11.3. The molecule has 0 aliphatic rings. The minimum Gasteiger partial charge on any atom is -0.373 e. The molecule has 0 amide bonds. The zero-order valence-electron chi connectivity index (χ0n) is 27.1. The van der Waals surface area contributed by atoms with Crippen LogP contribution in [0.1, 0.15) is 19.4 Å². The summed E-state index contributed by atoms with van der Waals surface area (Å²) in [6.45, 7) is 4.08. The van der Waals surface area contributed by atoms with Crippen LogP contribution in [-0.4, -0.2) is 32.0 Å². The Kier molecular flexibility index (Phi) is 8.62. The summed E-state index contributed by atoms with van der Waals surface area (Å²) >= 11 is 0. The Balaban J connectivity index is 1.50. The van der Waals surface area contributed by atoms with E-state index in [0.29, 0.717) is 17.5 Å². The van der Waals surface area contributed by atoms with Crippen molar-refractivity contribution in [1.29, 1.82) is 0 Å². The minimum atomic E-state index is 0.569. The molecule has 1 N–H and O–H groups in total. The molecule has 48 heavy (non-hydrogen) atoms. The van der Waals surface area contributed by atoms with Crippen molar-refractivity contribution in [2.45, 2.75) is 13.8 Å². The molecule has 0 aliphatic carbocycles. The number of hydrogen-bond acceptors (Lipinski definition) is 6. The van der Waals surface area contributed by atoms with Crippen molar-refractivity contribution >= 4 is 22.2 Å². The fourth-order valence-electron chi connectivity index (χ4n) is 5.84. The first-order chi connectivity index (χ1) is 23.6. The first-order valence-corrected chi connectivity index (χ1v) is 16.0. The van der Waals surface area contributed by atoms with Gasteiger partial charge >= 0.3 is 0 Å². The van der Waals surface area contributed by atoms with Gasteiger partial charge in [-0.3, -0.25) is 4.98 Å². The van der Waals surface area contributed by atoms with E-state index in [1.807, 2.05) is 99.0 Å². The predicted octanol–water partition coefficient (Wildman–Crippen LogP) is 10.2. The number of allylic oxidation sites excluding steroid dienone is 4. The van der Waals surface area contributed by atoms with E-state index in [1.54, 1.807) is 0 Å². The Bertz CT molecular complexity index is 2230. The number of fused-ring (bicyclic) bond motifs is 1. The van der Waals surface area contributed by atoms with Crippen LogP contribution in [0.15, 0.2) is 146 Å². The molecule has 0 bridgehead atoms. The number of anilines is 1. The highest BCUT2D eigenvalue weighted by Gasteiger charge is 2.17. The SMILES string of the molecule is C/C=C\C(=C/C)c1cc(NC)nc(-c2cc(-c3nc(-c4ccccc4)nc(-c4ccccc4)n3)cc(-c3nccc4ccccc34)c2)c1. The highest BCUT2D eigenvalue weighted by atomic mass is 15.0. The molecule has 0 fully saturated rings. The van der Waals surface area contributed by atoms with Crippen LogP contribution in [0.5, 0.6) is 0 Å². The number of rotatable bonds is 8. The third-order valence-corrected chi connectivity index (χ3v) is 8.21. The molecule has 0 aliphatic heterocycles. The Hall–Kier alpha value is -6.27. The Morgan fingerprint density at radius 2 is 1.19 bits per heavy atom. The fraction of sp³-hybridized carbons (Fsp3) is 0.0714. The van der Waals surface area contributed by atoms with Gasteiger partial charge in [-0.2, -0.15) is 0 Å². The van der Waals surface area contributed by atoms with Crippen LogP contribution >= 0.6 is 0 Å². The van der Waals surface area contributed by atoms with E-state index in [4.69, 9.17) is 24.9 Å². The first-order valence-electron chi connectivity index (χ1n) is 16.0. The lowest BCUT2D eigenvalue weighted by Gasteiger charge is -2.14. The molecule has 0 unspecified atom stereocenters. The van der Waals surface area contributed by atoms with Crippen molar-refractivity contribution in [2.24, 2.45) is 0 Å². The first kappa shape index (κ1) is 30.4. The van der Waals surface area contributed by atoms with Gasteiger partial charge in [-0.15, -0.1) is 0 Å². The molecule has 6 nitrogen and oxygen atoms in total. The van der Waals surface area contributed by atoms with E-state index in [-0.39, 0.29) is 0 Å². The molecule has 0 radical (unpaired) electrons. The lowest BCUT2D eigenvalue weighted by atomic mass is 9.96. The van der Waals surface area contributed by atoms with Crippen LogP contribution in [0.4, 0.5) is 5.82 Å². The van der Waals surface area contributed by atoms with Crippen molar-refractivity contribution in [3.63, 3.8) is 0 Å². The maximum absolute atomic E-state index is 5.05. The van der Waals surface area contributed by atoms with Gasteiger partial charge in [0.15, 0.2) is 17.5 Å². The van der Waals surface area contributed by atoms with E-state index in [1.165, 1.54) is 0 Å². The van der Waals surface area contributed by atoms with Gasteiger partial charge in [0, 0.05) is 46.4 Å². The van der Waals surface area contributed by atoms with E-state index in [2.05, 4.69) is 72.9 Å². The number of aromatic nitrogens is 5. The highest BCUT2D eigenvalue weighted by molar-refractivity contribution is 5.96. The second kappa shape index (κ2) is 13.6. The van der Waals surface area contributed by atoms with Crippen LogP contribution in [0, 0.1) is 0 Å². The molecule has 7 aromatic rings. The molecule has 0 saturated carbocycles. The van der Waals surface area contributed by atoms with Crippen LogP contribution in [0.2, 0.25) is 0 Å². The molecule has 0 spiro atoms. The highest BCUT2D eigenvalue weighted by Crippen LogP contribution is 2.36. The van der Waals surface area contributed by atoms with Gasteiger partial charge in [0.25, 0.3) is 0 Å².